The molecule has 5 rings (SSSR count). The lowest BCUT2D eigenvalue weighted by atomic mass is 9.98. The fraction of sp³-hybridized carbons (Fsp3) is 0.394. The number of aliphatic imine (C=N–C) groups is 1. The monoisotopic (exact) mass is 556 g/mol. The van der Waals surface area contributed by atoms with E-state index >= 15 is 0 Å². The van der Waals surface area contributed by atoms with Crippen molar-refractivity contribution in [2.24, 2.45) is 4.99 Å². The summed E-state index contributed by atoms with van der Waals surface area (Å²) in [5.74, 6) is 2.02. The van der Waals surface area contributed by atoms with Crippen LogP contribution in [-0.2, 0) is 11.2 Å². The smallest absolute Gasteiger partial charge is 0.246 e. The Morgan fingerprint density at radius 2 is 1.56 bits per heavy atom. The molecule has 1 N–H and O–H groups in total. The SMILES string of the molecule is CCOc1cc2c(cc1OCC)C(c1ccc(CCCN3CCN(c4ccc(OC)cc4)CC3)cc1)=NCC(=O)N2. The molecule has 2 heterocycles. The van der Waals surface area contributed by atoms with E-state index in [2.05, 4.69) is 56.5 Å². The van der Waals surface area contributed by atoms with Crippen LogP contribution in [0.25, 0.3) is 0 Å². The quantitative estimate of drug-likeness (QED) is 0.357. The number of rotatable bonds is 11. The van der Waals surface area contributed by atoms with E-state index in [-0.39, 0.29) is 12.5 Å². The van der Waals surface area contributed by atoms with Gasteiger partial charge in [0.05, 0.1) is 31.7 Å². The first-order chi connectivity index (χ1) is 20.1. The minimum atomic E-state index is -0.144. The first-order valence-corrected chi connectivity index (χ1v) is 14.6. The molecule has 8 nitrogen and oxygen atoms in total. The van der Waals surface area contributed by atoms with Gasteiger partial charge in [0.25, 0.3) is 0 Å². The molecule has 0 saturated carbocycles. The van der Waals surface area contributed by atoms with Crippen LogP contribution in [-0.4, -0.2) is 76.1 Å². The Kier molecular flexibility index (Phi) is 9.41. The van der Waals surface area contributed by atoms with Gasteiger partial charge in [0.2, 0.25) is 5.91 Å². The number of piperazine rings is 1. The van der Waals surface area contributed by atoms with Gasteiger partial charge in [-0.2, -0.15) is 0 Å². The van der Waals surface area contributed by atoms with Crippen LogP contribution >= 0.6 is 0 Å². The first-order valence-electron chi connectivity index (χ1n) is 14.6. The van der Waals surface area contributed by atoms with Crippen LogP contribution < -0.4 is 24.4 Å². The fourth-order valence-corrected chi connectivity index (χ4v) is 5.43. The molecule has 41 heavy (non-hydrogen) atoms. The van der Waals surface area contributed by atoms with Crippen molar-refractivity contribution in [2.45, 2.75) is 26.7 Å². The Hall–Kier alpha value is -4.04. The highest BCUT2D eigenvalue weighted by molar-refractivity contribution is 6.19. The maximum Gasteiger partial charge on any atom is 0.246 e. The predicted octanol–water partition coefficient (Wildman–Crippen LogP) is 5.04. The van der Waals surface area contributed by atoms with Gasteiger partial charge in [-0.25, -0.2) is 0 Å². The third kappa shape index (κ3) is 7.00. The molecular formula is C33H40N4O4. The summed E-state index contributed by atoms with van der Waals surface area (Å²) in [7, 11) is 1.70. The third-order valence-electron chi connectivity index (χ3n) is 7.57. The number of hydrogen-bond acceptors (Lipinski definition) is 7. The number of amides is 1. The summed E-state index contributed by atoms with van der Waals surface area (Å²) >= 11 is 0. The fourth-order valence-electron chi connectivity index (χ4n) is 5.43. The summed E-state index contributed by atoms with van der Waals surface area (Å²) in [4.78, 5) is 22.1. The number of carbonyl (C=O) groups excluding carboxylic acids is 1. The molecule has 0 bridgehead atoms. The summed E-state index contributed by atoms with van der Waals surface area (Å²) in [6.07, 6.45) is 2.14. The van der Waals surface area contributed by atoms with Crippen LogP contribution in [0.1, 0.15) is 37.0 Å². The molecular weight excluding hydrogens is 516 g/mol. The second-order valence-corrected chi connectivity index (χ2v) is 10.3. The predicted molar refractivity (Wildman–Crippen MR) is 164 cm³/mol. The second kappa shape index (κ2) is 13.5. The van der Waals surface area contributed by atoms with Crippen LogP contribution in [0.5, 0.6) is 17.2 Å². The van der Waals surface area contributed by atoms with Gasteiger partial charge in [0.15, 0.2) is 11.5 Å². The van der Waals surface area contributed by atoms with E-state index in [1.54, 1.807) is 7.11 Å². The summed E-state index contributed by atoms with van der Waals surface area (Å²) in [5.41, 5.74) is 5.85. The van der Waals surface area contributed by atoms with Gasteiger partial charge in [-0.15, -0.1) is 0 Å². The molecule has 1 amide bonds. The maximum atomic E-state index is 12.4. The number of aryl methyl sites for hydroxylation is 1. The standard InChI is InChI=1S/C33H40N4O4/c1-4-40-30-21-28-29(22-31(30)41-5-2)35-32(38)23-34-33(28)25-10-8-24(9-11-25)7-6-16-36-17-19-37(20-18-36)26-12-14-27(39-3)15-13-26/h8-15,21-22H,4-7,16-20,23H2,1-3H3,(H,35,38). The highest BCUT2D eigenvalue weighted by atomic mass is 16.5. The topological polar surface area (TPSA) is 75.6 Å². The summed E-state index contributed by atoms with van der Waals surface area (Å²) in [5, 5.41) is 2.98. The number of nitrogens with zero attached hydrogens (tertiary/aromatic N) is 3. The minimum Gasteiger partial charge on any atom is -0.497 e. The van der Waals surface area contributed by atoms with Gasteiger partial charge in [-0.05, 0) is 69.1 Å². The molecule has 0 atom stereocenters. The summed E-state index contributed by atoms with van der Waals surface area (Å²) in [6.45, 7) is 10.3. The zero-order valence-corrected chi connectivity index (χ0v) is 24.3. The molecule has 3 aromatic carbocycles. The van der Waals surface area contributed by atoms with Crippen molar-refractivity contribution in [3.05, 3.63) is 77.4 Å². The molecule has 1 fully saturated rings. The van der Waals surface area contributed by atoms with Crippen molar-refractivity contribution >= 4 is 23.0 Å². The Balaban J connectivity index is 1.19. The Morgan fingerprint density at radius 1 is 0.878 bits per heavy atom. The van der Waals surface area contributed by atoms with Crippen molar-refractivity contribution in [3.63, 3.8) is 0 Å². The van der Waals surface area contributed by atoms with Crippen LogP contribution in [0.3, 0.4) is 0 Å². The molecule has 216 valence electrons. The van der Waals surface area contributed by atoms with Gasteiger partial charge in [-0.1, -0.05) is 24.3 Å². The lowest BCUT2D eigenvalue weighted by Gasteiger charge is -2.36. The number of fused-ring (bicyclic) bond motifs is 1. The van der Waals surface area contributed by atoms with E-state index in [0.29, 0.717) is 30.4 Å². The first kappa shape index (κ1) is 28.5. The average Bonchev–Trinajstić information content (AvgIpc) is 3.16. The van der Waals surface area contributed by atoms with E-state index in [9.17, 15) is 4.79 Å². The molecule has 0 radical (unpaired) electrons. The van der Waals surface area contributed by atoms with Gasteiger partial charge in [-0.3, -0.25) is 14.7 Å². The number of hydrogen-bond donors (Lipinski definition) is 1. The van der Waals surface area contributed by atoms with Gasteiger partial charge < -0.3 is 24.4 Å². The lowest BCUT2D eigenvalue weighted by Crippen LogP contribution is -2.46. The van der Waals surface area contributed by atoms with E-state index in [1.165, 1.54) is 11.3 Å². The van der Waals surface area contributed by atoms with Crippen LogP contribution in [0.15, 0.2) is 65.7 Å². The average molecular weight is 557 g/mol. The number of carbonyl (C=O) groups is 1. The molecule has 2 aliphatic heterocycles. The number of benzodiazepines with no additional fused rings is 1. The third-order valence-corrected chi connectivity index (χ3v) is 7.57. The van der Waals surface area contributed by atoms with Gasteiger partial charge in [0.1, 0.15) is 12.3 Å². The van der Waals surface area contributed by atoms with E-state index < -0.39 is 0 Å². The number of ether oxygens (including phenoxy) is 3. The second-order valence-electron chi connectivity index (χ2n) is 10.3. The Labute approximate surface area is 242 Å². The van der Waals surface area contributed by atoms with Gasteiger partial charge in [0, 0.05) is 49.1 Å². The lowest BCUT2D eigenvalue weighted by molar-refractivity contribution is -0.114. The molecule has 8 heteroatoms. The van der Waals surface area contributed by atoms with Crippen molar-refractivity contribution in [3.8, 4) is 17.2 Å². The largest absolute Gasteiger partial charge is 0.497 e. The minimum absolute atomic E-state index is 0.0748. The number of nitrogens with one attached hydrogen (secondary N) is 1. The van der Waals surface area contributed by atoms with Crippen molar-refractivity contribution < 1.29 is 19.0 Å². The molecule has 2 aliphatic rings. The van der Waals surface area contributed by atoms with Crippen LogP contribution in [0, 0.1) is 0 Å². The summed E-state index contributed by atoms with van der Waals surface area (Å²) < 4.78 is 16.9. The van der Waals surface area contributed by atoms with E-state index in [1.807, 2.05) is 38.1 Å². The summed E-state index contributed by atoms with van der Waals surface area (Å²) in [6, 6.07) is 20.7. The zero-order chi connectivity index (χ0) is 28.6. The van der Waals surface area contributed by atoms with E-state index in [4.69, 9.17) is 14.2 Å². The highest BCUT2D eigenvalue weighted by Crippen LogP contribution is 2.36. The van der Waals surface area contributed by atoms with Crippen LogP contribution in [0.2, 0.25) is 0 Å². The number of benzene rings is 3. The molecule has 3 aromatic rings. The number of anilines is 2. The molecule has 0 aromatic heterocycles. The molecule has 0 aliphatic carbocycles. The van der Waals surface area contributed by atoms with Crippen molar-refractivity contribution in [2.75, 3.05) is 69.8 Å². The molecule has 1 saturated heterocycles. The Bertz CT molecular complexity index is 1350. The molecule has 0 unspecified atom stereocenters. The highest BCUT2D eigenvalue weighted by Gasteiger charge is 2.22. The maximum absolute atomic E-state index is 12.4. The van der Waals surface area contributed by atoms with Crippen molar-refractivity contribution in [1.82, 2.24) is 4.90 Å². The zero-order valence-electron chi connectivity index (χ0n) is 24.3. The normalized spacial score (nSPS) is 15.4. The van der Waals surface area contributed by atoms with Gasteiger partial charge >= 0.3 is 0 Å². The number of methoxy groups -OCH3 is 1. The Morgan fingerprint density at radius 3 is 2.22 bits per heavy atom. The van der Waals surface area contributed by atoms with Crippen LogP contribution in [0.4, 0.5) is 11.4 Å². The van der Waals surface area contributed by atoms with E-state index in [0.717, 1.165) is 68.2 Å². The molecule has 0 spiro atoms. The van der Waals surface area contributed by atoms with Crippen molar-refractivity contribution in [1.29, 1.82) is 0 Å².